The van der Waals surface area contributed by atoms with Crippen LogP contribution < -0.4 is 16.8 Å². The Kier molecular flexibility index (Phi) is 5.28. The van der Waals surface area contributed by atoms with Gasteiger partial charge < -0.3 is 16.8 Å². The number of rotatable bonds is 5. The lowest BCUT2D eigenvalue weighted by molar-refractivity contribution is -0.128. The molecular weight excluding hydrogens is 194 g/mol. The van der Waals surface area contributed by atoms with Crippen LogP contribution in [0.25, 0.3) is 0 Å². The second-order valence-corrected chi connectivity index (χ2v) is 4.88. The Hall–Kier alpha value is -1.10. The molecule has 0 spiro atoms. The predicted octanol–water partition coefficient (Wildman–Crippen LogP) is -0.401. The molecule has 88 valence electrons. The first-order chi connectivity index (χ1) is 6.76. The summed E-state index contributed by atoms with van der Waals surface area (Å²) >= 11 is 0. The normalized spacial score (nSPS) is 13.3. The van der Waals surface area contributed by atoms with Gasteiger partial charge in [-0.2, -0.15) is 0 Å². The minimum Gasteiger partial charge on any atom is -0.368 e. The summed E-state index contributed by atoms with van der Waals surface area (Å²) in [5, 5.41) is 2.46. The van der Waals surface area contributed by atoms with Crippen molar-refractivity contribution >= 4 is 11.8 Å². The molecular formula is C10H21N3O2. The second-order valence-electron chi connectivity index (χ2n) is 4.88. The van der Waals surface area contributed by atoms with E-state index in [1.165, 1.54) is 0 Å². The van der Waals surface area contributed by atoms with Crippen LogP contribution in [0, 0.1) is 11.3 Å². The smallest absolute Gasteiger partial charge is 0.236 e. The van der Waals surface area contributed by atoms with Crippen molar-refractivity contribution in [1.82, 2.24) is 5.32 Å². The van der Waals surface area contributed by atoms with E-state index < -0.39 is 5.91 Å². The fraction of sp³-hybridized carbons (Fsp3) is 0.800. The summed E-state index contributed by atoms with van der Waals surface area (Å²) in [6.07, 6.45) is 0.689. The zero-order chi connectivity index (χ0) is 12.1. The molecule has 0 radical (unpaired) electrons. The van der Waals surface area contributed by atoms with Crippen molar-refractivity contribution in [3.63, 3.8) is 0 Å². The zero-order valence-corrected chi connectivity index (χ0v) is 9.67. The van der Waals surface area contributed by atoms with Crippen LogP contribution in [0.5, 0.6) is 0 Å². The quantitative estimate of drug-likeness (QED) is 0.582. The van der Waals surface area contributed by atoms with Crippen LogP contribution in [0.2, 0.25) is 0 Å². The van der Waals surface area contributed by atoms with Gasteiger partial charge in [-0.15, -0.1) is 0 Å². The van der Waals surface area contributed by atoms with Crippen molar-refractivity contribution in [3.05, 3.63) is 0 Å². The van der Waals surface area contributed by atoms with Gasteiger partial charge in [0.15, 0.2) is 0 Å². The molecule has 0 fully saturated rings. The van der Waals surface area contributed by atoms with Crippen molar-refractivity contribution in [3.8, 4) is 0 Å². The Bertz CT molecular complexity index is 233. The second kappa shape index (κ2) is 5.70. The topological polar surface area (TPSA) is 98.2 Å². The Morgan fingerprint density at radius 3 is 2.20 bits per heavy atom. The maximum Gasteiger partial charge on any atom is 0.236 e. The van der Waals surface area contributed by atoms with Gasteiger partial charge in [0.05, 0.1) is 12.5 Å². The van der Waals surface area contributed by atoms with Gasteiger partial charge in [-0.3, -0.25) is 9.59 Å². The van der Waals surface area contributed by atoms with Crippen LogP contribution in [0.15, 0.2) is 0 Å². The highest BCUT2D eigenvalue weighted by Crippen LogP contribution is 2.23. The van der Waals surface area contributed by atoms with E-state index in [-0.39, 0.29) is 30.3 Å². The highest BCUT2D eigenvalue weighted by Gasteiger charge is 2.23. The predicted molar refractivity (Wildman–Crippen MR) is 58.8 cm³/mol. The molecule has 1 unspecified atom stereocenters. The Morgan fingerprint density at radius 1 is 1.33 bits per heavy atom. The van der Waals surface area contributed by atoms with E-state index in [0.29, 0.717) is 6.42 Å². The summed E-state index contributed by atoms with van der Waals surface area (Å²) in [6.45, 7) is 6.27. The maximum absolute atomic E-state index is 11.6. The molecule has 0 aliphatic rings. The van der Waals surface area contributed by atoms with E-state index in [9.17, 15) is 9.59 Å². The minimum absolute atomic E-state index is 0.0358. The van der Waals surface area contributed by atoms with Crippen LogP contribution in [0.1, 0.15) is 27.2 Å². The molecule has 0 aromatic rings. The van der Waals surface area contributed by atoms with Crippen molar-refractivity contribution in [1.29, 1.82) is 0 Å². The lowest BCUT2D eigenvalue weighted by atomic mass is 9.84. The molecule has 2 amide bonds. The number of hydrogen-bond donors (Lipinski definition) is 3. The molecule has 0 saturated heterocycles. The Morgan fingerprint density at radius 2 is 1.87 bits per heavy atom. The number of amides is 2. The molecule has 15 heavy (non-hydrogen) atoms. The highest BCUT2D eigenvalue weighted by molar-refractivity contribution is 5.85. The van der Waals surface area contributed by atoms with Crippen molar-refractivity contribution in [2.75, 3.05) is 13.1 Å². The van der Waals surface area contributed by atoms with Crippen LogP contribution >= 0.6 is 0 Å². The van der Waals surface area contributed by atoms with Crippen LogP contribution in [-0.4, -0.2) is 24.9 Å². The number of nitrogens with two attached hydrogens (primary N) is 2. The summed E-state index contributed by atoms with van der Waals surface area (Å²) in [4.78, 5) is 22.0. The molecule has 1 atom stereocenters. The standard InChI is InChI=1S/C10H21N3O2/c1-10(2,3)4-7(5-11)9(15)13-6-8(12)14/h7H,4-6,11H2,1-3H3,(H2,12,14)(H,13,15). The van der Waals surface area contributed by atoms with Gasteiger partial charge in [0.1, 0.15) is 0 Å². The fourth-order valence-corrected chi connectivity index (χ4v) is 1.34. The summed E-state index contributed by atoms with van der Waals surface area (Å²) in [7, 11) is 0. The van der Waals surface area contributed by atoms with Crippen LogP contribution in [0.3, 0.4) is 0 Å². The third-order valence-corrected chi connectivity index (χ3v) is 1.95. The lowest BCUT2D eigenvalue weighted by Crippen LogP contribution is -2.41. The average molecular weight is 215 g/mol. The average Bonchev–Trinajstić information content (AvgIpc) is 2.08. The van der Waals surface area contributed by atoms with Gasteiger partial charge in [-0.05, 0) is 11.8 Å². The molecule has 0 aliphatic carbocycles. The Balaban J connectivity index is 4.17. The van der Waals surface area contributed by atoms with Gasteiger partial charge in [0, 0.05) is 6.54 Å². The van der Waals surface area contributed by atoms with Gasteiger partial charge in [0.25, 0.3) is 0 Å². The van der Waals surface area contributed by atoms with Crippen LogP contribution in [-0.2, 0) is 9.59 Å². The van der Waals surface area contributed by atoms with Crippen molar-refractivity contribution < 1.29 is 9.59 Å². The van der Waals surface area contributed by atoms with E-state index in [1.54, 1.807) is 0 Å². The molecule has 5 heteroatoms. The molecule has 0 heterocycles. The summed E-state index contributed by atoms with van der Waals surface area (Å²) in [5.74, 6) is -1.01. The fourth-order valence-electron chi connectivity index (χ4n) is 1.34. The number of primary amides is 1. The first-order valence-electron chi connectivity index (χ1n) is 5.02. The van der Waals surface area contributed by atoms with E-state index in [2.05, 4.69) is 5.32 Å². The maximum atomic E-state index is 11.6. The number of nitrogens with one attached hydrogen (secondary N) is 1. The third-order valence-electron chi connectivity index (χ3n) is 1.95. The number of carbonyl (C=O) groups excluding carboxylic acids is 2. The zero-order valence-electron chi connectivity index (χ0n) is 9.67. The molecule has 0 bridgehead atoms. The summed E-state index contributed by atoms with van der Waals surface area (Å²) in [5.41, 5.74) is 10.5. The molecule has 5 nitrogen and oxygen atoms in total. The molecule has 0 aromatic heterocycles. The Labute approximate surface area is 90.6 Å². The monoisotopic (exact) mass is 215 g/mol. The summed E-state index contributed by atoms with van der Waals surface area (Å²) < 4.78 is 0. The van der Waals surface area contributed by atoms with E-state index in [0.717, 1.165) is 0 Å². The van der Waals surface area contributed by atoms with E-state index in [1.807, 2.05) is 20.8 Å². The van der Waals surface area contributed by atoms with E-state index >= 15 is 0 Å². The van der Waals surface area contributed by atoms with Crippen molar-refractivity contribution in [2.24, 2.45) is 22.8 Å². The highest BCUT2D eigenvalue weighted by atomic mass is 16.2. The van der Waals surface area contributed by atoms with Gasteiger partial charge in [-0.25, -0.2) is 0 Å². The van der Waals surface area contributed by atoms with Gasteiger partial charge >= 0.3 is 0 Å². The molecule has 0 saturated carbocycles. The third kappa shape index (κ3) is 6.90. The first kappa shape index (κ1) is 13.9. The van der Waals surface area contributed by atoms with Gasteiger partial charge in [-0.1, -0.05) is 20.8 Å². The molecule has 5 N–H and O–H groups in total. The molecule has 0 rings (SSSR count). The van der Waals surface area contributed by atoms with E-state index in [4.69, 9.17) is 11.5 Å². The largest absolute Gasteiger partial charge is 0.368 e. The minimum atomic E-state index is -0.546. The van der Waals surface area contributed by atoms with Crippen molar-refractivity contribution in [2.45, 2.75) is 27.2 Å². The number of hydrogen-bond acceptors (Lipinski definition) is 3. The molecule has 0 aliphatic heterocycles. The summed E-state index contributed by atoms with van der Waals surface area (Å²) in [6, 6.07) is 0. The van der Waals surface area contributed by atoms with Crippen LogP contribution in [0.4, 0.5) is 0 Å². The molecule has 0 aromatic carbocycles. The lowest BCUT2D eigenvalue weighted by Gasteiger charge is -2.24. The first-order valence-corrected chi connectivity index (χ1v) is 5.02. The SMILES string of the molecule is CC(C)(C)CC(CN)C(=O)NCC(N)=O. The number of carbonyl (C=O) groups is 2. The van der Waals surface area contributed by atoms with Gasteiger partial charge in [0.2, 0.25) is 11.8 Å².